The Hall–Kier alpha value is -2.57. The topological polar surface area (TPSA) is 85.8 Å². The van der Waals surface area contributed by atoms with Crippen molar-refractivity contribution in [2.45, 2.75) is 59.2 Å². The highest BCUT2D eigenvalue weighted by atomic mass is 16.2. The molecule has 1 aliphatic heterocycles. The molecule has 1 aromatic rings. The normalized spacial score (nSPS) is 17.9. The second-order valence-corrected chi connectivity index (χ2v) is 7.98. The SMILES string of the molecule is CCC(C)NC(=O)c1cccc(CNC(=NC)NC2CCN(C(=O)C(C)C)C2)c1. The van der Waals surface area contributed by atoms with Crippen molar-refractivity contribution >= 4 is 17.8 Å². The highest BCUT2D eigenvalue weighted by Gasteiger charge is 2.27. The minimum Gasteiger partial charge on any atom is -0.352 e. The maximum atomic E-state index is 12.3. The van der Waals surface area contributed by atoms with Crippen molar-refractivity contribution in [3.63, 3.8) is 0 Å². The fraction of sp³-hybridized carbons (Fsp3) is 0.591. The molecule has 7 nitrogen and oxygen atoms in total. The van der Waals surface area contributed by atoms with Gasteiger partial charge in [0.05, 0.1) is 0 Å². The Bertz CT molecular complexity index is 732. The summed E-state index contributed by atoms with van der Waals surface area (Å²) in [6.07, 6.45) is 1.81. The third kappa shape index (κ3) is 6.76. The Morgan fingerprint density at radius 3 is 2.69 bits per heavy atom. The largest absolute Gasteiger partial charge is 0.352 e. The maximum absolute atomic E-state index is 12.3. The highest BCUT2D eigenvalue weighted by molar-refractivity contribution is 5.94. The van der Waals surface area contributed by atoms with Crippen LogP contribution in [0.1, 0.15) is 56.5 Å². The molecule has 0 aromatic heterocycles. The molecule has 1 fully saturated rings. The molecule has 1 aliphatic rings. The number of rotatable bonds is 7. The zero-order valence-corrected chi connectivity index (χ0v) is 18.3. The van der Waals surface area contributed by atoms with E-state index in [1.165, 1.54) is 0 Å². The molecule has 7 heteroatoms. The van der Waals surface area contributed by atoms with Crippen LogP contribution in [0.3, 0.4) is 0 Å². The number of hydrogen-bond acceptors (Lipinski definition) is 3. The van der Waals surface area contributed by atoms with E-state index >= 15 is 0 Å². The summed E-state index contributed by atoms with van der Waals surface area (Å²) in [5.74, 6) is 0.869. The van der Waals surface area contributed by atoms with Crippen LogP contribution < -0.4 is 16.0 Å². The second-order valence-electron chi connectivity index (χ2n) is 7.98. The van der Waals surface area contributed by atoms with Gasteiger partial charge in [0.25, 0.3) is 5.91 Å². The molecule has 2 atom stereocenters. The lowest BCUT2D eigenvalue weighted by atomic mass is 10.1. The number of nitrogens with zero attached hydrogens (tertiary/aromatic N) is 2. The minimum atomic E-state index is -0.0513. The molecule has 2 rings (SSSR count). The van der Waals surface area contributed by atoms with Crippen LogP contribution in [-0.2, 0) is 11.3 Å². The zero-order chi connectivity index (χ0) is 21.4. The summed E-state index contributed by atoms with van der Waals surface area (Å²) >= 11 is 0. The fourth-order valence-electron chi connectivity index (χ4n) is 3.25. The van der Waals surface area contributed by atoms with Gasteiger partial charge in [-0.15, -0.1) is 0 Å². The van der Waals surface area contributed by atoms with Gasteiger partial charge >= 0.3 is 0 Å². The van der Waals surface area contributed by atoms with E-state index in [0.29, 0.717) is 24.6 Å². The average Bonchev–Trinajstić information content (AvgIpc) is 3.18. The molecule has 1 heterocycles. The van der Waals surface area contributed by atoms with Gasteiger partial charge in [-0.1, -0.05) is 32.9 Å². The molecule has 1 saturated heterocycles. The maximum Gasteiger partial charge on any atom is 0.251 e. The Kier molecular flexibility index (Phi) is 8.49. The molecule has 0 radical (unpaired) electrons. The number of guanidine groups is 1. The first-order valence-corrected chi connectivity index (χ1v) is 10.5. The van der Waals surface area contributed by atoms with Gasteiger partial charge in [0.1, 0.15) is 0 Å². The molecular weight excluding hydrogens is 366 g/mol. The summed E-state index contributed by atoms with van der Waals surface area (Å²) in [7, 11) is 1.73. The average molecular weight is 402 g/mol. The lowest BCUT2D eigenvalue weighted by Crippen LogP contribution is -2.45. The first-order chi connectivity index (χ1) is 13.8. The Morgan fingerprint density at radius 2 is 2.03 bits per heavy atom. The van der Waals surface area contributed by atoms with Gasteiger partial charge < -0.3 is 20.9 Å². The van der Waals surface area contributed by atoms with Crippen LogP contribution in [0.25, 0.3) is 0 Å². The predicted octanol–water partition coefficient (Wildman–Crippen LogP) is 2.14. The molecule has 2 amide bonds. The summed E-state index contributed by atoms with van der Waals surface area (Å²) in [6.45, 7) is 9.94. The predicted molar refractivity (Wildman–Crippen MR) is 117 cm³/mol. The summed E-state index contributed by atoms with van der Waals surface area (Å²) in [5.41, 5.74) is 1.67. The lowest BCUT2D eigenvalue weighted by Gasteiger charge is -2.20. The van der Waals surface area contributed by atoms with Gasteiger partial charge in [-0.05, 0) is 37.5 Å². The standard InChI is InChI=1S/C22H35N5O2/c1-6-16(4)25-20(28)18-9-7-8-17(12-18)13-24-22(23-5)26-19-10-11-27(14-19)21(29)15(2)3/h7-9,12,15-16,19H,6,10-11,13-14H2,1-5H3,(H,25,28)(H2,23,24,26). The van der Waals surface area contributed by atoms with E-state index in [1.54, 1.807) is 7.05 Å². The smallest absolute Gasteiger partial charge is 0.251 e. The van der Waals surface area contributed by atoms with Gasteiger partial charge in [-0.25, -0.2) is 0 Å². The van der Waals surface area contributed by atoms with E-state index in [1.807, 2.05) is 56.9 Å². The van der Waals surface area contributed by atoms with E-state index in [0.717, 1.165) is 24.9 Å². The van der Waals surface area contributed by atoms with Gasteiger partial charge in [0, 0.05) is 50.2 Å². The van der Waals surface area contributed by atoms with Crippen LogP contribution in [0, 0.1) is 5.92 Å². The molecule has 0 aliphatic carbocycles. The second kappa shape index (κ2) is 10.8. The number of amides is 2. The highest BCUT2D eigenvalue weighted by Crippen LogP contribution is 2.13. The molecule has 160 valence electrons. The molecule has 0 bridgehead atoms. The van der Waals surface area contributed by atoms with Gasteiger partial charge in [-0.3, -0.25) is 14.6 Å². The van der Waals surface area contributed by atoms with Crippen molar-refractivity contribution in [1.29, 1.82) is 0 Å². The van der Waals surface area contributed by atoms with Crippen molar-refractivity contribution in [2.24, 2.45) is 10.9 Å². The third-order valence-corrected chi connectivity index (χ3v) is 5.20. The quantitative estimate of drug-likeness (QED) is 0.483. The van der Waals surface area contributed by atoms with E-state index in [-0.39, 0.29) is 29.8 Å². The Labute approximate surface area is 174 Å². The lowest BCUT2D eigenvalue weighted by molar-refractivity contribution is -0.133. The van der Waals surface area contributed by atoms with Crippen molar-refractivity contribution in [1.82, 2.24) is 20.9 Å². The van der Waals surface area contributed by atoms with E-state index in [9.17, 15) is 9.59 Å². The zero-order valence-electron chi connectivity index (χ0n) is 18.3. The molecule has 2 unspecified atom stereocenters. The summed E-state index contributed by atoms with van der Waals surface area (Å²) < 4.78 is 0. The summed E-state index contributed by atoms with van der Waals surface area (Å²) in [4.78, 5) is 30.7. The summed E-state index contributed by atoms with van der Waals surface area (Å²) in [6, 6.07) is 7.95. The van der Waals surface area contributed by atoms with Crippen LogP contribution in [-0.4, -0.2) is 54.9 Å². The number of carbonyl (C=O) groups is 2. The number of benzene rings is 1. The van der Waals surface area contributed by atoms with Crippen molar-refractivity contribution < 1.29 is 9.59 Å². The molecule has 0 saturated carbocycles. The summed E-state index contributed by atoms with van der Waals surface area (Å²) in [5, 5.41) is 9.69. The first kappa shape index (κ1) is 22.7. The monoisotopic (exact) mass is 401 g/mol. The van der Waals surface area contributed by atoms with Gasteiger partial charge in [0.15, 0.2) is 5.96 Å². The van der Waals surface area contributed by atoms with Crippen LogP contribution in [0.4, 0.5) is 0 Å². The number of nitrogens with one attached hydrogen (secondary N) is 3. The molecule has 29 heavy (non-hydrogen) atoms. The van der Waals surface area contributed by atoms with E-state index in [4.69, 9.17) is 0 Å². The first-order valence-electron chi connectivity index (χ1n) is 10.5. The number of carbonyl (C=O) groups excluding carboxylic acids is 2. The molecule has 1 aromatic carbocycles. The van der Waals surface area contributed by atoms with E-state index in [2.05, 4.69) is 20.9 Å². The molecule has 0 spiro atoms. The van der Waals surface area contributed by atoms with Crippen LogP contribution >= 0.6 is 0 Å². The van der Waals surface area contributed by atoms with Gasteiger partial charge in [-0.2, -0.15) is 0 Å². The number of aliphatic imine (C=N–C) groups is 1. The number of hydrogen-bond donors (Lipinski definition) is 3. The third-order valence-electron chi connectivity index (χ3n) is 5.20. The van der Waals surface area contributed by atoms with Crippen molar-refractivity contribution in [3.8, 4) is 0 Å². The molecule has 3 N–H and O–H groups in total. The Morgan fingerprint density at radius 1 is 1.28 bits per heavy atom. The minimum absolute atomic E-state index is 0.0241. The molecular formula is C22H35N5O2. The Balaban J connectivity index is 1.88. The van der Waals surface area contributed by atoms with Crippen molar-refractivity contribution in [2.75, 3.05) is 20.1 Å². The van der Waals surface area contributed by atoms with Crippen LogP contribution in [0.5, 0.6) is 0 Å². The fourth-order valence-corrected chi connectivity index (χ4v) is 3.25. The van der Waals surface area contributed by atoms with Gasteiger partial charge in [0.2, 0.25) is 5.91 Å². The van der Waals surface area contributed by atoms with E-state index < -0.39 is 0 Å². The number of likely N-dealkylation sites (tertiary alicyclic amines) is 1. The van der Waals surface area contributed by atoms with Crippen LogP contribution in [0.15, 0.2) is 29.3 Å². The van der Waals surface area contributed by atoms with Crippen LogP contribution in [0.2, 0.25) is 0 Å². The van der Waals surface area contributed by atoms with Crippen molar-refractivity contribution in [3.05, 3.63) is 35.4 Å².